The van der Waals surface area contributed by atoms with Gasteiger partial charge in [0.25, 0.3) is 0 Å². The molecule has 1 aliphatic heterocycles. The zero-order valence-corrected chi connectivity index (χ0v) is 11.2. The molecule has 0 bridgehead atoms. The summed E-state index contributed by atoms with van der Waals surface area (Å²) in [6.45, 7) is 8.97. The van der Waals surface area contributed by atoms with E-state index in [-0.39, 0.29) is 6.10 Å². The summed E-state index contributed by atoms with van der Waals surface area (Å²) in [4.78, 5) is 0. The molecular formula is C16H22O. The van der Waals surface area contributed by atoms with Gasteiger partial charge in [-0.25, -0.2) is 0 Å². The molecule has 0 radical (unpaired) electrons. The summed E-state index contributed by atoms with van der Waals surface area (Å²) in [6, 6.07) is 10.5. The second-order valence-corrected chi connectivity index (χ2v) is 5.34. The number of ether oxygens (including phenoxy) is 1. The summed E-state index contributed by atoms with van der Waals surface area (Å²) in [6.07, 6.45) is 1.28. The fourth-order valence-corrected chi connectivity index (χ4v) is 2.44. The van der Waals surface area contributed by atoms with Crippen LogP contribution in [0.1, 0.15) is 45.8 Å². The normalized spacial score (nSPS) is 21.8. The summed E-state index contributed by atoms with van der Waals surface area (Å²) in [7, 11) is 0. The Morgan fingerprint density at radius 2 is 1.76 bits per heavy atom. The molecule has 0 saturated heterocycles. The number of benzene rings is 1. The molecule has 1 heteroatoms. The van der Waals surface area contributed by atoms with E-state index in [4.69, 9.17) is 4.74 Å². The van der Waals surface area contributed by atoms with Crippen LogP contribution >= 0.6 is 0 Å². The summed E-state index contributed by atoms with van der Waals surface area (Å²) in [5.41, 5.74) is 2.78. The third-order valence-corrected chi connectivity index (χ3v) is 3.90. The lowest BCUT2D eigenvalue weighted by atomic mass is 9.86. The minimum atomic E-state index is 0.229. The Kier molecular flexibility index (Phi) is 3.56. The van der Waals surface area contributed by atoms with Crippen molar-refractivity contribution in [2.75, 3.05) is 0 Å². The largest absolute Gasteiger partial charge is 0.490 e. The highest BCUT2D eigenvalue weighted by Gasteiger charge is 2.28. The zero-order valence-electron chi connectivity index (χ0n) is 11.2. The maximum absolute atomic E-state index is 6.01. The van der Waals surface area contributed by atoms with Gasteiger partial charge in [0, 0.05) is 6.42 Å². The van der Waals surface area contributed by atoms with Gasteiger partial charge in [-0.05, 0) is 29.9 Å². The summed E-state index contributed by atoms with van der Waals surface area (Å²) in [5.74, 6) is 2.43. The maximum Gasteiger partial charge on any atom is 0.127 e. The molecule has 17 heavy (non-hydrogen) atoms. The number of hydrogen-bond acceptors (Lipinski definition) is 1. The molecule has 0 aromatic heterocycles. The standard InChI is InChI=1S/C16H22O/c1-11(2)12(3)15-10-16(17-13(15)4)14-8-6-5-7-9-14/h5-9,11-12,16H,10H2,1-4H3. The van der Waals surface area contributed by atoms with Crippen molar-refractivity contribution in [1.29, 1.82) is 0 Å². The molecule has 0 spiro atoms. The summed E-state index contributed by atoms with van der Waals surface area (Å²) in [5, 5.41) is 0. The first-order valence-corrected chi connectivity index (χ1v) is 6.51. The van der Waals surface area contributed by atoms with Gasteiger partial charge in [-0.1, -0.05) is 51.1 Å². The molecule has 1 aromatic rings. The highest BCUT2D eigenvalue weighted by molar-refractivity contribution is 5.25. The topological polar surface area (TPSA) is 9.23 Å². The van der Waals surface area contributed by atoms with E-state index >= 15 is 0 Å². The summed E-state index contributed by atoms with van der Waals surface area (Å²) < 4.78 is 6.01. The Morgan fingerprint density at radius 1 is 1.12 bits per heavy atom. The molecule has 0 amide bonds. The predicted octanol–water partition coefficient (Wildman–Crippen LogP) is 4.71. The van der Waals surface area contributed by atoms with Crippen LogP contribution in [0.15, 0.2) is 41.7 Å². The van der Waals surface area contributed by atoms with Gasteiger partial charge in [-0.15, -0.1) is 0 Å². The minimum Gasteiger partial charge on any atom is -0.490 e. The van der Waals surface area contributed by atoms with Crippen molar-refractivity contribution in [2.24, 2.45) is 11.8 Å². The highest BCUT2D eigenvalue weighted by atomic mass is 16.5. The average molecular weight is 230 g/mol. The van der Waals surface area contributed by atoms with Gasteiger partial charge in [0.05, 0.1) is 5.76 Å². The molecule has 1 nitrogen and oxygen atoms in total. The van der Waals surface area contributed by atoms with Gasteiger partial charge in [-0.2, -0.15) is 0 Å². The van der Waals surface area contributed by atoms with Crippen LogP contribution in [0.5, 0.6) is 0 Å². The SMILES string of the molecule is CC1=C(C(C)C(C)C)CC(c2ccccc2)O1. The van der Waals surface area contributed by atoms with Gasteiger partial charge in [-0.3, -0.25) is 0 Å². The molecule has 0 N–H and O–H groups in total. The lowest BCUT2D eigenvalue weighted by molar-refractivity contribution is 0.147. The van der Waals surface area contributed by atoms with Crippen molar-refractivity contribution in [3.05, 3.63) is 47.2 Å². The first-order valence-electron chi connectivity index (χ1n) is 6.51. The minimum absolute atomic E-state index is 0.229. The van der Waals surface area contributed by atoms with Crippen molar-refractivity contribution in [2.45, 2.75) is 40.2 Å². The smallest absolute Gasteiger partial charge is 0.127 e. The van der Waals surface area contributed by atoms with Crippen molar-refractivity contribution in [3.8, 4) is 0 Å². The molecule has 2 rings (SSSR count). The molecule has 0 fully saturated rings. The van der Waals surface area contributed by atoms with Gasteiger partial charge < -0.3 is 4.74 Å². The third kappa shape index (κ3) is 2.54. The average Bonchev–Trinajstić information content (AvgIpc) is 2.71. The van der Waals surface area contributed by atoms with Crippen LogP contribution in [0.2, 0.25) is 0 Å². The van der Waals surface area contributed by atoms with Gasteiger partial charge >= 0.3 is 0 Å². The second kappa shape index (κ2) is 4.95. The third-order valence-electron chi connectivity index (χ3n) is 3.90. The molecule has 2 unspecified atom stereocenters. The summed E-state index contributed by atoms with van der Waals surface area (Å²) >= 11 is 0. The lowest BCUT2D eigenvalue weighted by Crippen LogP contribution is -2.07. The van der Waals surface area contributed by atoms with Gasteiger partial charge in [0.15, 0.2) is 0 Å². The van der Waals surface area contributed by atoms with Crippen LogP contribution in [-0.2, 0) is 4.74 Å². The predicted molar refractivity (Wildman–Crippen MR) is 71.6 cm³/mol. The molecule has 2 atom stereocenters. The maximum atomic E-state index is 6.01. The molecule has 1 heterocycles. The Morgan fingerprint density at radius 3 is 2.35 bits per heavy atom. The Hall–Kier alpha value is -1.24. The van der Waals surface area contributed by atoms with Crippen LogP contribution in [0.25, 0.3) is 0 Å². The fourth-order valence-electron chi connectivity index (χ4n) is 2.44. The fraction of sp³-hybridized carbons (Fsp3) is 0.500. The van der Waals surface area contributed by atoms with Crippen LogP contribution < -0.4 is 0 Å². The second-order valence-electron chi connectivity index (χ2n) is 5.34. The van der Waals surface area contributed by atoms with E-state index in [0.29, 0.717) is 11.8 Å². The highest BCUT2D eigenvalue weighted by Crippen LogP contribution is 2.40. The lowest BCUT2D eigenvalue weighted by Gasteiger charge is -2.17. The quantitative estimate of drug-likeness (QED) is 0.730. The number of rotatable bonds is 3. The first-order chi connectivity index (χ1) is 8.09. The van der Waals surface area contributed by atoms with Crippen molar-refractivity contribution in [3.63, 3.8) is 0 Å². The first kappa shape index (κ1) is 12.2. The van der Waals surface area contributed by atoms with Crippen molar-refractivity contribution < 1.29 is 4.74 Å². The van der Waals surface area contributed by atoms with Gasteiger partial charge in [0.2, 0.25) is 0 Å². The van der Waals surface area contributed by atoms with Crippen LogP contribution in [0.3, 0.4) is 0 Å². The van der Waals surface area contributed by atoms with E-state index in [9.17, 15) is 0 Å². The van der Waals surface area contributed by atoms with E-state index in [1.54, 1.807) is 0 Å². The van der Waals surface area contributed by atoms with Crippen LogP contribution in [0, 0.1) is 11.8 Å². The zero-order chi connectivity index (χ0) is 12.4. The molecule has 1 aromatic carbocycles. The molecule has 92 valence electrons. The van der Waals surface area contributed by atoms with E-state index in [0.717, 1.165) is 12.2 Å². The van der Waals surface area contributed by atoms with E-state index in [1.807, 2.05) is 0 Å². The Balaban J connectivity index is 2.12. The van der Waals surface area contributed by atoms with Crippen LogP contribution in [0.4, 0.5) is 0 Å². The monoisotopic (exact) mass is 230 g/mol. The van der Waals surface area contributed by atoms with E-state index < -0.39 is 0 Å². The Labute approximate surface area is 104 Å². The number of allylic oxidation sites excluding steroid dienone is 1. The van der Waals surface area contributed by atoms with Crippen molar-refractivity contribution in [1.82, 2.24) is 0 Å². The Bertz CT molecular complexity index is 403. The molecule has 0 aliphatic carbocycles. The van der Waals surface area contributed by atoms with E-state index in [2.05, 4.69) is 58.0 Å². The molecular weight excluding hydrogens is 208 g/mol. The van der Waals surface area contributed by atoms with Crippen molar-refractivity contribution >= 4 is 0 Å². The molecule has 1 aliphatic rings. The van der Waals surface area contributed by atoms with E-state index in [1.165, 1.54) is 11.1 Å². The molecule has 0 saturated carbocycles. The van der Waals surface area contributed by atoms with Gasteiger partial charge in [0.1, 0.15) is 6.10 Å². The number of hydrogen-bond donors (Lipinski definition) is 0. The van der Waals surface area contributed by atoms with Crippen LogP contribution in [-0.4, -0.2) is 0 Å².